The first-order chi connectivity index (χ1) is 8.31. The fourth-order valence-corrected chi connectivity index (χ4v) is 2.38. The predicted octanol–water partition coefficient (Wildman–Crippen LogP) is 1.19. The Morgan fingerprint density at radius 3 is 2.94 bits per heavy atom. The van der Waals surface area contributed by atoms with Gasteiger partial charge in [-0.15, -0.1) is 0 Å². The van der Waals surface area contributed by atoms with Crippen molar-refractivity contribution in [1.82, 2.24) is 15.3 Å². The molecule has 0 fully saturated rings. The summed E-state index contributed by atoms with van der Waals surface area (Å²) in [5.41, 5.74) is 2.07. The third kappa shape index (κ3) is 3.16. The third-order valence-corrected chi connectivity index (χ3v) is 3.33. The molecule has 2 N–H and O–H groups in total. The van der Waals surface area contributed by atoms with Crippen molar-refractivity contribution >= 4 is 0 Å². The molecule has 0 bridgehead atoms. The summed E-state index contributed by atoms with van der Waals surface area (Å²) in [7, 11) is 1.94. The van der Waals surface area contributed by atoms with Crippen LogP contribution < -0.4 is 10.9 Å². The van der Waals surface area contributed by atoms with Crippen LogP contribution in [0.4, 0.5) is 0 Å². The second-order valence-electron chi connectivity index (χ2n) is 4.71. The Hall–Kier alpha value is -1.16. The second kappa shape index (κ2) is 5.96. The average Bonchev–Trinajstić information content (AvgIpc) is 2.55. The molecule has 0 atom stereocenters. The molecule has 1 aromatic heterocycles. The van der Waals surface area contributed by atoms with E-state index in [0.717, 1.165) is 55.7 Å². The predicted molar refractivity (Wildman–Crippen MR) is 68.4 cm³/mol. The zero-order valence-electron chi connectivity index (χ0n) is 10.5. The van der Waals surface area contributed by atoms with Crippen molar-refractivity contribution in [1.29, 1.82) is 0 Å². The molecule has 1 aromatic rings. The van der Waals surface area contributed by atoms with Gasteiger partial charge in [-0.05, 0) is 45.7 Å². The molecule has 4 heteroatoms. The van der Waals surface area contributed by atoms with Crippen molar-refractivity contribution in [3.8, 4) is 0 Å². The van der Waals surface area contributed by atoms with Gasteiger partial charge in [0.05, 0.1) is 5.69 Å². The Bertz CT molecular complexity index is 425. The van der Waals surface area contributed by atoms with Gasteiger partial charge in [-0.1, -0.05) is 6.42 Å². The molecule has 0 saturated heterocycles. The first-order valence-electron chi connectivity index (χ1n) is 6.57. The van der Waals surface area contributed by atoms with Crippen LogP contribution >= 0.6 is 0 Å². The lowest BCUT2D eigenvalue weighted by Crippen LogP contribution is -2.20. The van der Waals surface area contributed by atoms with Crippen LogP contribution in [0.15, 0.2) is 4.79 Å². The summed E-state index contributed by atoms with van der Waals surface area (Å²) in [5.74, 6) is 0.853. The molecule has 0 amide bonds. The van der Waals surface area contributed by atoms with Gasteiger partial charge in [-0.2, -0.15) is 0 Å². The molecular formula is C13H21N3O. The van der Waals surface area contributed by atoms with Crippen LogP contribution in [-0.4, -0.2) is 23.6 Å². The number of hydrogen-bond donors (Lipinski definition) is 2. The SMILES string of the molecule is CNCCCc1nc2c(c(=O)[nH]1)CCCCC2. The summed E-state index contributed by atoms with van der Waals surface area (Å²) >= 11 is 0. The summed E-state index contributed by atoms with van der Waals surface area (Å²) < 4.78 is 0. The van der Waals surface area contributed by atoms with E-state index in [1.807, 2.05) is 7.05 Å². The number of fused-ring (bicyclic) bond motifs is 1. The van der Waals surface area contributed by atoms with Gasteiger partial charge < -0.3 is 10.3 Å². The monoisotopic (exact) mass is 235 g/mol. The largest absolute Gasteiger partial charge is 0.320 e. The quantitative estimate of drug-likeness (QED) is 0.609. The number of aromatic amines is 1. The number of aryl methyl sites for hydroxylation is 2. The topological polar surface area (TPSA) is 57.8 Å². The van der Waals surface area contributed by atoms with E-state index in [9.17, 15) is 4.79 Å². The van der Waals surface area contributed by atoms with Gasteiger partial charge in [0.1, 0.15) is 5.82 Å². The van der Waals surface area contributed by atoms with E-state index in [0.29, 0.717) is 0 Å². The van der Waals surface area contributed by atoms with Crippen LogP contribution in [0.5, 0.6) is 0 Å². The Labute approximate surface area is 102 Å². The lowest BCUT2D eigenvalue weighted by molar-refractivity contribution is 0.690. The smallest absolute Gasteiger partial charge is 0.254 e. The van der Waals surface area contributed by atoms with Crippen molar-refractivity contribution in [2.75, 3.05) is 13.6 Å². The normalized spacial score (nSPS) is 15.4. The van der Waals surface area contributed by atoms with Crippen molar-refractivity contribution in [2.24, 2.45) is 0 Å². The first kappa shape index (κ1) is 12.3. The maximum absolute atomic E-state index is 12.0. The Morgan fingerprint density at radius 2 is 2.12 bits per heavy atom. The van der Waals surface area contributed by atoms with E-state index in [1.54, 1.807) is 0 Å². The summed E-state index contributed by atoms with van der Waals surface area (Å²) in [4.78, 5) is 19.5. The van der Waals surface area contributed by atoms with E-state index in [2.05, 4.69) is 15.3 Å². The molecule has 0 saturated carbocycles. The fourth-order valence-electron chi connectivity index (χ4n) is 2.38. The molecule has 1 heterocycles. The molecular weight excluding hydrogens is 214 g/mol. The number of nitrogens with zero attached hydrogens (tertiary/aromatic N) is 1. The van der Waals surface area contributed by atoms with E-state index in [-0.39, 0.29) is 5.56 Å². The van der Waals surface area contributed by atoms with Crippen LogP contribution in [0, 0.1) is 0 Å². The van der Waals surface area contributed by atoms with Crippen molar-refractivity contribution in [2.45, 2.75) is 44.9 Å². The van der Waals surface area contributed by atoms with Crippen molar-refractivity contribution in [3.63, 3.8) is 0 Å². The first-order valence-corrected chi connectivity index (χ1v) is 6.57. The zero-order chi connectivity index (χ0) is 12.1. The summed E-state index contributed by atoms with van der Waals surface area (Å²) in [6, 6.07) is 0. The van der Waals surface area contributed by atoms with Gasteiger partial charge in [-0.3, -0.25) is 4.79 Å². The van der Waals surface area contributed by atoms with Gasteiger partial charge in [0.25, 0.3) is 5.56 Å². The third-order valence-electron chi connectivity index (χ3n) is 3.33. The Balaban J connectivity index is 2.17. The fraction of sp³-hybridized carbons (Fsp3) is 0.692. The zero-order valence-corrected chi connectivity index (χ0v) is 10.5. The lowest BCUT2D eigenvalue weighted by Gasteiger charge is -2.07. The molecule has 94 valence electrons. The number of aromatic nitrogens is 2. The molecule has 17 heavy (non-hydrogen) atoms. The Morgan fingerprint density at radius 1 is 1.29 bits per heavy atom. The lowest BCUT2D eigenvalue weighted by atomic mass is 10.1. The minimum Gasteiger partial charge on any atom is -0.320 e. The highest BCUT2D eigenvalue weighted by Gasteiger charge is 2.13. The minimum atomic E-state index is 0.0938. The average molecular weight is 235 g/mol. The molecule has 1 aliphatic carbocycles. The molecule has 0 aliphatic heterocycles. The molecule has 0 unspecified atom stereocenters. The van der Waals surface area contributed by atoms with Crippen LogP contribution in [-0.2, 0) is 19.3 Å². The van der Waals surface area contributed by atoms with E-state index >= 15 is 0 Å². The van der Waals surface area contributed by atoms with Crippen molar-refractivity contribution < 1.29 is 0 Å². The summed E-state index contributed by atoms with van der Waals surface area (Å²) in [6.07, 6.45) is 7.23. The van der Waals surface area contributed by atoms with Crippen LogP contribution in [0.25, 0.3) is 0 Å². The standard InChI is InChI=1S/C13H21N3O/c1-14-9-5-8-12-15-11-7-4-2-3-6-10(11)13(17)16-12/h14H,2-9H2,1H3,(H,15,16,17). The maximum Gasteiger partial charge on any atom is 0.254 e. The van der Waals surface area contributed by atoms with Gasteiger partial charge in [-0.25, -0.2) is 4.98 Å². The van der Waals surface area contributed by atoms with E-state index in [1.165, 1.54) is 12.8 Å². The van der Waals surface area contributed by atoms with Crippen LogP contribution in [0.2, 0.25) is 0 Å². The minimum absolute atomic E-state index is 0.0938. The maximum atomic E-state index is 12.0. The van der Waals surface area contributed by atoms with Crippen LogP contribution in [0.3, 0.4) is 0 Å². The molecule has 1 aliphatic rings. The number of H-pyrrole nitrogens is 1. The van der Waals surface area contributed by atoms with E-state index < -0.39 is 0 Å². The highest BCUT2D eigenvalue weighted by atomic mass is 16.1. The van der Waals surface area contributed by atoms with Crippen LogP contribution in [0.1, 0.15) is 42.8 Å². The number of hydrogen-bond acceptors (Lipinski definition) is 3. The van der Waals surface area contributed by atoms with E-state index in [4.69, 9.17) is 0 Å². The highest BCUT2D eigenvalue weighted by Crippen LogP contribution is 2.15. The molecule has 0 radical (unpaired) electrons. The second-order valence-corrected chi connectivity index (χ2v) is 4.71. The van der Waals surface area contributed by atoms with Gasteiger partial charge in [0.15, 0.2) is 0 Å². The molecule has 0 spiro atoms. The highest BCUT2D eigenvalue weighted by molar-refractivity contribution is 5.19. The molecule has 0 aromatic carbocycles. The number of nitrogens with one attached hydrogen (secondary N) is 2. The molecule has 2 rings (SSSR count). The van der Waals surface area contributed by atoms with Gasteiger partial charge >= 0.3 is 0 Å². The number of rotatable bonds is 4. The summed E-state index contributed by atoms with van der Waals surface area (Å²) in [5, 5.41) is 3.11. The molecule has 4 nitrogen and oxygen atoms in total. The van der Waals surface area contributed by atoms with Gasteiger partial charge in [0, 0.05) is 12.0 Å². The Kier molecular flexibility index (Phi) is 4.31. The van der Waals surface area contributed by atoms with Gasteiger partial charge in [0.2, 0.25) is 0 Å². The van der Waals surface area contributed by atoms with Crippen molar-refractivity contribution in [3.05, 3.63) is 27.4 Å². The summed E-state index contributed by atoms with van der Waals surface area (Å²) in [6.45, 7) is 0.959.